The van der Waals surface area contributed by atoms with Crippen molar-refractivity contribution in [3.05, 3.63) is 15.9 Å². The smallest absolute Gasteiger partial charge is 0.307 e. The van der Waals surface area contributed by atoms with Crippen molar-refractivity contribution in [1.82, 2.24) is 14.7 Å². The van der Waals surface area contributed by atoms with Crippen molar-refractivity contribution >= 4 is 21.9 Å². The molecule has 1 aromatic rings. The average molecular weight is 318 g/mol. The standard InChI is InChI=1S/C12H20BrN3O2/c1-5-16-10(11(13)9(3)14-16)7-15(4)6-8(2)12(17)18/h8H,5-7H2,1-4H3,(H,17,18). The zero-order chi connectivity index (χ0) is 13.9. The van der Waals surface area contributed by atoms with Gasteiger partial charge in [-0.3, -0.25) is 14.4 Å². The summed E-state index contributed by atoms with van der Waals surface area (Å²) in [6, 6.07) is 0. The van der Waals surface area contributed by atoms with Gasteiger partial charge in [0.05, 0.1) is 21.8 Å². The van der Waals surface area contributed by atoms with Gasteiger partial charge in [-0.15, -0.1) is 0 Å². The van der Waals surface area contributed by atoms with E-state index in [2.05, 4.69) is 21.0 Å². The molecule has 0 aliphatic carbocycles. The first-order valence-corrected chi connectivity index (χ1v) is 6.79. The summed E-state index contributed by atoms with van der Waals surface area (Å²) in [6.07, 6.45) is 0. The molecule has 0 fully saturated rings. The first-order chi connectivity index (χ1) is 8.36. The lowest BCUT2D eigenvalue weighted by molar-refractivity contribution is -0.141. The molecule has 0 saturated carbocycles. The lowest BCUT2D eigenvalue weighted by Gasteiger charge is -2.19. The first kappa shape index (κ1) is 15.2. The molecular weight excluding hydrogens is 298 g/mol. The number of hydrogen-bond acceptors (Lipinski definition) is 3. The maximum atomic E-state index is 10.8. The zero-order valence-corrected chi connectivity index (χ0v) is 12.9. The fourth-order valence-corrected chi connectivity index (χ4v) is 2.30. The SMILES string of the molecule is CCn1nc(C)c(Br)c1CN(C)CC(C)C(=O)O. The number of nitrogens with zero attached hydrogens (tertiary/aromatic N) is 3. The number of halogens is 1. The van der Waals surface area contributed by atoms with E-state index in [0.717, 1.165) is 22.4 Å². The predicted octanol–water partition coefficient (Wildman–Crippen LogP) is 2.13. The van der Waals surface area contributed by atoms with Crippen LogP contribution >= 0.6 is 15.9 Å². The van der Waals surface area contributed by atoms with Crippen LogP contribution in [-0.4, -0.2) is 39.3 Å². The molecule has 1 unspecified atom stereocenters. The molecule has 1 atom stereocenters. The predicted molar refractivity (Wildman–Crippen MR) is 73.5 cm³/mol. The molecule has 6 heteroatoms. The van der Waals surface area contributed by atoms with Crippen molar-refractivity contribution in [2.24, 2.45) is 5.92 Å². The van der Waals surface area contributed by atoms with Gasteiger partial charge in [-0.25, -0.2) is 0 Å². The highest BCUT2D eigenvalue weighted by atomic mass is 79.9. The molecule has 0 aliphatic rings. The van der Waals surface area contributed by atoms with Gasteiger partial charge in [-0.05, 0) is 36.8 Å². The minimum Gasteiger partial charge on any atom is -0.481 e. The Morgan fingerprint density at radius 1 is 1.61 bits per heavy atom. The highest BCUT2D eigenvalue weighted by molar-refractivity contribution is 9.10. The Kier molecular flexibility index (Phi) is 5.34. The number of rotatable bonds is 6. The molecular formula is C12H20BrN3O2. The van der Waals surface area contributed by atoms with Crippen LogP contribution in [0.1, 0.15) is 25.2 Å². The number of carboxylic acids is 1. The number of aryl methyl sites for hydroxylation is 2. The van der Waals surface area contributed by atoms with Crippen LogP contribution in [0.3, 0.4) is 0 Å². The van der Waals surface area contributed by atoms with E-state index in [-0.39, 0.29) is 5.92 Å². The summed E-state index contributed by atoms with van der Waals surface area (Å²) in [4.78, 5) is 12.8. The van der Waals surface area contributed by atoms with Crippen molar-refractivity contribution < 1.29 is 9.90 Å². The molecule has 0 amide bonds. The van der Waals surface area contributed by atoms with Crippen molar-refractivity contribution in [2.45, 2.75) is 33.9 Å². The van der Waals surface area contributed by atoms with E-state index in [4.69, 9.17) is 5.11 Å². The number of carboxylic acid groups (broad SMARTS) is 1. The van der Waals surface area contributed by atoms with Crippen LogP contribution in [0.2, 0.25) is 0 Å². The zero-order valence-electron chi connectivity index (χ0n) is 11.3. The quantitative estimate of drug-likeness (QED) is 0.873. The normalized spacial score (nSPS) is 13.0. The van der Waals surface area contributed by atoms with Crippen molar-refractivity contribution in [1.29, 1.82) is 0 Å². The summed E-state index contributed by atoms with van der Waals surface area (Å²) in [5, 5.41) is 13.3. The van der Waals surface area contributed by atoms with Gasteiger partial charge in [0.25, 0.3) is 0 Å². The molecule has 102 valence electrons. The van der Waals surface area contributed by atoms with Crippen LogP contribution in [0.15, 0.2) is 4.47 Å². The van der Waals surface area contributed by atoms with Gasteiger partial charge < -0.3 is 5.11 Å². The molecule has 0 bridgehead atoms. The van der Waals surface area contributed by atoms with Gasteiger partial charge in [0.1, 0.15) is 0 Å². The van der Waals surface area contributed by atoms with Crippen LogP contribution < -0.4 is 0 Å². The third-order valence-corrected chi connectivity index (χ3v) is 3.91. The lowest BCUT2D eigenvalue weighted by Crippen LogP contribution is -2.29. The van der Waals surface area contributed by atoms with Gasteiger partial charge in [0.2, 0.25) is 0 Å². The van der Waals surface area contributed by atoms with Crippen LogP contribution in [0.25, 0.3) is 0 Å². The summed E-state index contributed by atoms with van der Waals surface area (Å²) in [5.74, 6) is -1.13. The Balaban J connectivity index is 2.75. The summed E-state index contributed by atoms with van der Waals surface area (Å²) in [7, 11) is 1.92. The van der Waals surface area contributed by atoms with Crippen molar-refractivity contribution in [3.8, 4) is 0 Å². The second kappa shape index (κ2) is 6.33. The fraction of sp³-hybridized carbons (Fsp3) is 0.667. The Morgan fingerprint density at radius 2 is 2.22 bits per heavy atom. The topological polar surface area (TPSA) is 58.4 Å². The summed E-state index contributed by atoms with van der Waals surface area (Å²) >= 11 is 3.54. The minimum atomic E-state index is -0.763. The maximum Gasteiger partial charge on any atom is 0.307 e. The van der Waals surface area contributed by atoms with E-state index in [1.54, 1.807) is 6.92 Å². The Hall–Kier alpha value is -0.880. The third kappa shape index (κ3) is 3.55. The van der Waals surface area contributed by atoms with Crippen molar-refractivity contribution in [3.63, 3.8) is 0 Å². The molecule has 1 rings (SSSR count). The third-order valence-electron chi connectivity index (χ3n) is 2.88. The largest absolute Gasteiger partial charge is 0.481 e. The van der Waals surface area contributed by atoms with E-state index >= 15 is 0 Å². The van der Waals surface area contributed by atoms with Crippen LogP contribution in [0.5, 0.6) is 0 Å². The monoisotopic (exact) mass is 317 g/mol. The molecule has 0 saturated heterocycles. The lowest BCUT2D eigenvalue weighted by atomic mass is 10.2. The molecule has 1 aromatic heterocycles. The van der Waals surface area contributed by atoms with E-state index in [1.807, 2.05) is 30.5 Å². The molecule has 5 nitrogen and oxygen atoms in total. The van der Waals surface area contributed by atoms with E-state index in [9.17, 15) is 4.79 Å². The summed E-state index contributed by atoms with van der Waals surface area (Å²) < 4.78 is 2.96. The minimum absolute atomic E-state index is 0.368. The van der Waals surface area contributed by atoms with Crippen molar-refractivity contribution in [2.75, 3.05) is 13.6 Å². The van der Waals surface area contributed by atoms with E-state index < -0.39 is 5.97 Å². The first-order valence-electron chi connectivity index (χ1n) is 5.99. The maximum absolute atomic E-state index is 10.8. The Labute approximate surface area is 116 Å². The second-order valence-electron chi connectivity index (χ2n) is 4.60. The van der Waals surface area contributed by atoms with Gasteiger partial charge in [0.15, 0.2) is 0 Å². The van der Waals surface area contributed by atoms with E-state index in [1.165, 1.54) is 0 Å². The van der Waals surface area contributed by atoms with Gasteiger partial charge in [-0.2, -0.15) is 5.10 Å². The molecule has 1 heterocycles. The van der Waals surface area contributed by atoms with Gasteiger partial charge in [0, 0.05) is 19.6 Å². The highest BCUT2D eigenvalue weighted by Crippen LogP contribution is 2.22. The van der Waals surface area contributed by atoms with Crippen LogP contribution in [0, 0.1) is 12.8 Å². The Morgan fingerprint density at radius 3 is 2.72 bits per heavy atom. The molecule has 0 spiro atoms. The molecule has 18 heavy (non-hydrogen) atoms. The number of carbonyl (C=O) groups is 1. The summed E-state index contributed by atoms with van der Waals surface area (Å²) in [6.45, 7) is 7.74. The Bertz CT molecular complexity index is 431. The average Bonchev–Trinajstić information content (AvgIpc) is 2.56. The van der Waals surface area contributed by atoms with Crippen LogP contribution in [0.4, 0.5) is 0 Å². The van der Waals surface area contributed by atoms with Gasteiger partial charge in [-0.1, -0.05) is 6.92 Å². The molecule has 1 N–H and O–H groups in total. The van der Waals surface area contributed by atoms with E-state index in [0.29, 0.717) is 13.1 Å². The summed E-state index contributed by atoms with van der Waals surface area (Å²) in [5.41, 5.74) is 2.06. The fourth-order valence-electron chi connectivity index (χ4n) is 1.89. The molecule has 0 radical (unpaired) electrons. The van der Waals surface area contributed by atoms with Crippen LogP contribution in [-0.2, 0) is 17.9 Å². The number of aliphatic carboxylic acids is 1. The van der Waals surface area contributed by atoms with Gasteiger partial charge >= 0.3 is 5.97 Å². The molecule has 0 aromatic carbocycles. The number of aromatic nitrogens is 2. The highest BCUT2D eigenvalue weighted by Gasteiger charge is 2.17. The number of hydrogen-bond donors (Lipinski definition) is 1. The molecule has 0 aliphatic heterocycles. The second-order valence-corrected chi connectivity index (χ2v) is 5.39.